The van der Waals surface area contributed by atoms with Gasteiger partial charge in [-0.3, -0.25) is 0 Å². The molecule has 6 nitrogen and oxygen atoms in total. The van der Waals surface area contributed by atoms with E-state index in [2.05, 4.69) is 21.5 Å². The molecule has 0 fully saturated rings. The van der Waals surface area contributed by atoms with Gasteiger partial charge in [0, 0.05) is 19.7 Å². The van der Waals surface area contributed by atoms with Gasteiger partial charge in [-0.25, -0.2) is 15.8 Å². The smallest absolute Gasteiger partial charge is 0.145 e. The number of rotatable bonds is 4. The van der Waals surface area contributed by atoms with Crippen molar-refractivity contribution in [2.75, 3.05) is 23.9 Å². The van der Waals surface area contributed by atoms with Gasteiger partial charge in [0.2, 0.25) is 0 Å². The van der Waals surface area contributed by atoms with Crippen molar-refractivity contribution in [1.29, 1.82) is 5.26 Å². The van der Waals surface area contributed by atoms with Crippen LogP contribution in [-0.4, -0.2) is 23.6 Å². The molecule has 1 rings (SSSR count). The Kier molecular flexibility index (Phi) is 3.83. The van der Waals surface area contributed by atoms with Crippen molar-refractivity contribution in [3.63, 3.8) is 0 Å². The van der Waals surface area contributed by atoms with Crippen LogP contribution in [-0.2, 0) is 0 Å². The van der Waals surface area contributed by atoms with E-state index in [4.69, 9.17) is 11.1 Å². The number of nitrogens with zero attached hydrogens (tertiary/aromatic N) is 4. The van der Waals surface area contributed by atoms with Gasteiger partial charge in [0.05, 0.1) is 12.5 Å². The lowest BCUT2D eigenvalue weighted by molar-refractivity contribution is 0.870. The van der Waals surface area contributed by atoms with Crippen LogP contribution < -0.4 is 16.2 Å². The third-order valence-corrected chi connectivity index (χ3v) is 1.92. The van der Waals surface area contributed by atoms with E-state index in [0.717, 1.165) is 5.82 Å². The molecule has 0 unspecified atom stereocenters. The number of nitrogens with two attached hydrogens (primary N) is 1. The van der Waals surface area contributed by atoms with Gasteiger partial charge in [-0.15, -0.1) is 0 Å². The molecule has 0 bridgehead atoms. The zero-order valence-corrected chi connectivity index (χ0v) is 8.86. The van der Waals surface area contributed by atoms with Gasteiger partial charge >= 0.3 is 0 Å². The summed E-state index contributed by atoms with van der Waals surface area (Å²) >= 11 is 0. The summed E-state index contributed by atoms with van der Waals surface area (Å²) in [5.74, 6) is 7.25. The Hall–Kier alpha value is -1.87. The topological polar surface area (TPSA) is 90.9 Å². The first-order valence-corrected chi connectivity index (χ1v) is 4.57. The fourth-order valence-corrected chi connectivity index (χ4v) is 1.15. The maximum atomic E-state index is 8.48. The summed E-state index contributed by atoms with van der Waals surface area (Å²) in [4.78, 5) is 10.2. The summed E-state index contributed by atoms with van der Waals surface area (Å²) in [7, 11) is 1.87. The van der Waals surface area contributed by atoms with Crippen LogP contribution in [0.1, 0.15) is 12.2 Å². The zero-order valence-electron chi connectivity index (χ0n) is 8.86. The molecule has 1 heterocycles. The van der Waals surface area contributed by atoms with Crippen molar-refractivity contribution in [3.05, 3.63) is 11.9 Å². The van der Waals surface area contributed by atoms with Crippen molar-refractivity contribution in [2.45, 2.75) is 13.3 Å². The highest BCUT2D eigenvalue weighted by molar-refractivity contribution is 5.48. The highest BCUT2D eigenvalue weighted by Crippen LogP contribution is 2.13. The molecule has 6 heteroatoms. The number of hydrogen-bond acceptors (Lipinski definition) is 6. The summed E-state index contributed by atoms with van der Waals surface area (Å²) in [5.41, 5.74) is 2.48. The number of nitrogens with one attached hydrogen (secondary N) is 1. The highest BCUT2D eigenvalue weighted by Gasteiger charge is 2.05. The minimum atomic E-state index is 0.463. The Balaban J connectivity index is 2.84. The second-order valence-corrected chi connectivity index (χ2v) is 3.13. The molecule has 0 saturated heterocycles. The lowest BCUT2D eigenvalue weighted by Gasteiger charge is -2.17. The maximum absolute atomic E-state index is 8.48. The predicted molar refractivity (Wildman–Crippen MR) is 58.1 cm³/mol. The van der Waals surface area contributed by atoms with Crippen LogP contribution in [0.4, 0.5) is 11.6 Å². The lowest BCUT2D eigenvalue weighted by Crippen LogP contribution is -2.21. The fourth-order valence-electron chi connectivity index (χ4n) is 1.15. The maximum Gasteiger partial charge on any atom is 0.145 e. The molecular weight excluding hydrogens is 192 g/mol. The number of aryl methyl sites for hydroxylation is 1. The second kappa shape index (κ2) is 5.12. The van der Waals surface area contributed by atoms with E-state index in [1.165, 1.54) is 0 Å². The van der Waals surface area contributed by atoms with E-state index in [-0.39, 0.29) is 0 Å². The molecule has 3 N–H and O–H groups in total. The monoisotopic (exact) mass is 206 g/mol. The summed E-state index contributed by atoms with van der Waals surface area (Å²) in [5, 5.41) is 8.48. The van der Waals surface area contributed by atoms with Crippen LogP contribution in [0.3, 0.4) is 0 Å². The first-order valence-electron chi connectivity index (χ1n) is 4.57. The Morgan fingerprint density at radius 1 is 1.60 bits per heavy atom. The van der Waals surface area contributed by atoms with Crippen LogP contribution >= 0.6 is 0 Å². The Bertz CT molecular complexity index is 369. The first kappa shape index (κ1) is 11.2. The predicted octanol–water partition coefficient (Wildman–Crippen LogP) is 0.420. The third-order valence-electron chi connectivity index (χ3n) is 1.92. The van der Waals surface area contributed by atoms with Crippen LogP contribution in [0.15, 0.2) is 6.07 Å². The number of aromatic nitrogens is 2. The molecule has 0 aliphatic heterocycles. The van der Waals surface area contributed by atoms with Gasteiger partial charge in [0.15, 0.2) is 0 Å². The average molecular weight is 206 g/mol. The van der Waals surface area contributed by atoms with Crippen LogP contribution in [0.25, 0.3) is 0 Å². The summed E-state index contributed by atoms with van der Waals surface area (Å²) in [6, 6.07) is 3.83. The largest absolute Gasteiger partial charge is 0.358 e. The highest BCUT2D eigenvalue weighted by atomic mass is 15.3. The molecule has 15 heavy (non-hydrogen) atoms. The van der Waals surface area contributed by atoms with Crippen molar-refractivity contribution < 1.29 is 0 Å². The Morgan fingerprint density at radius 3 is 2.93 bits per heavy atom. The van der Waals surface area contributed by atoms with Crippen molar-refractivity contribution in [2.24, 2.45) is 5.84 Å². The molecular formula is C9H14N6. The van der Waals surface area contributed by atoms with Crippen LogP contribution in [0, 0.1) is 18.3 Å². The number of anilines is 2. The van der Waals surface area contributed by atoms with Crippen LogP contribution in [0.2, 0.25) is 0 Å². The van der Waals surface area contributed by atoms with Crippen molar-refractivity contribution in [1.82, 2.24) is 9.97 Å². The number of nitrogen functional groups attached to an aromatic ring is 1. The minimum absolute atomic E-state index is 0.463. The second-order valence-electron chi connectivity index (χ2n) is 3.13. The summed E-state index contributed by atoms with van der Waals surface area (Å²) in [6.07, 6.45) is 0.463. The van der Waals surface area contributed by atoms with E-state index in [1.54, 1.807) is 13.0 Å². The van der Waals surface area contributed by atoms with E-state index in [9.17, 15) is 0 Å². The normalized spacial score (nSPS) is 9.47. The average Bonchev–Trinajstić information content (AvgIpc) is 2.24. The number of hydrogen-bond donors (Lipinski definition) is 2. The van der Waals surface area contributed by atoms with Gasteiger partial charge < -0.3 is 10.3 Å². The third kappa shape index (κ3) is 3.07. The number of hydrazine groups is 1. The summed E-state index contributed by atoms with van der Waals surface area (Å²) in [6.45, 7) is 2.43. The molecule has 0 amide bonds. The van der Waals surface area contributed by atoms with E-state index >= 15 is 0 Å². The fraction of sp³-hybridized carbons (Fsp3) is 0.444. The molecule has 1 aromatic rings. The molecule has 1 aromatic heterocycles. The summed E-state index contributed by atoms with van der Waals surface area (Å²) < 4.78 is 0. The molecule has 0 spiro atoms. The molecule has 80 valence electrons. The molecule has 0 saturated carbocycles. The van der Waals surface area contributed by atoms with Gasteiger partial charge in [-0.1, -0.05) is 0 Å². The lowest BCUT2D eigenvalue weighted by atomic mass is 10.4. The SMILES string of the molecule is Cc1nc(NN)cc(N(C)CCC#N)n1. The van der Waals surface area contributed by atoms with Crippen molar-refractivity contribution in [3.8, 4) is 6.07 Å². The van der Waals surface area contributed by atoms with Gasteiger partial charge in [0.25, 0.3) is 0 Å². The quantitative estimate of drug-likeness (QED) is 0.548. The van der Waals surface area contributed by atoms with Gasteiger partial charge in [-0.2, -0.15) is 5.26 Å². The Morgan fingerprint density at radius 2 is 2.33 bits per heavy atom. The molecule has 0 aromatic carbocycles. The van der Waals surface area contributed by atoms with E-state index < -0.39 is 0 Å². The van der Waals surface area contributed by atoms with Crippen molar-refractivity contribution >= 4 is 11.6 Å². The Labute approximate surface area is 88.7 Å². The zero-order chi connectivity index (χ0) is 11.3. The molecule has 0 aliphatic carbocycles. The number of nitriles is 1. The van der Waals surface area contributed by atoms with E-state index in [0.29, 0.717) is 24.6 Å². The van der Waals surface area contributed by atoms with Gasteiger partial charge in [0.1, 0.15) is 17.5 Å². The van der Waals surface area contributed by atoms with E-state index in [1.807, 2.05) is 11.9 Å². The van der Waals surface area contributed by atoms with Gasteiger partial charge in [-0.05, 0) is 6.92 Å². The molecule has 0 radical (unpaired) electrons. The van der Waals surface area contributed by atoms with Crippen LogP contribution in [0.5, 0.6) is 0 Å². The minimum Gasteiger partial charge on any atom is -0.358 e. The molecule has 0 atom stereocenters. The first-order chi connectivity index (χ1) is 7.17. The molecule has 0 aliphatic rings. The standard InChI is InChI=1S/C9H14N6/c1-7-12-8(14-11)6-9(13-7)15(2)5-3-4-10/h6H,3,5,11H2,1-2H3,(H,12,13,14).